The Morgan fingerprint density at radius 2 is 1.67 bits per heavy atom. The fourth-order valence-corrected chi connectivity index (χ4v) is 3.47. The summed E-state index contributed by atoms with van der Waals surface area (Å²) in [6.07, 6.45) is 1.19. The lowest BCUT2D eigenvalue weighted by molar-refractivity contribution is -0.114. The number of carbonyl (C=O) groups excluding carboxylic acids is 3. The molecular formula is C25H17F3N2O3. The van der Waals surface area contributed by atoms with Gasteiger partial charge in [0.25, 0.3) is 11.8 Å². The maximum Gasteiger partial charge on any atom is 0.262 e. The Morgan fingerprint density at radius 3 is 2.36 bits per heavy atom. The number of benzene rings is 3. The number of anilines is 1. The van der Waals surface area contributed by atoms with Crippen molar-refractivity contribution in [1.82, 2.24) is 5.32 Å². The van der Waals surface area contributed by atoms with E-state index in [4.69, 9.17) is 0 Å². The molecule has 0 saturated heterocycles. The Labute approximate surface area is 187 Å². The molecule has 166 valence electrons. The summed E-state index contributed by atoms with van der Waals surface area (Å²) in [5.74, 6) is -4.23. The maximum absolute atomic E-state index is 13.6. The van der Waals surface area contributed by atoms with E-state index in [0.29, 0.717) is 11.3 Å². The topological polar surface area (TPSA) is 66.5 Å². The number of nitrogens with one attached hydrogen (secondary N) is 1. The molecule has 1 aliphatic heterocycles. The zero-order valence-electron chi connectivity index (χ0n) is 17.4. The third-order valence-electron chi connectivity index (χ3n) is 5.27. The van der Waals surface area contributed by atoms with E-state index in [9.17, 15) is 27.6 Å². The summed E-state index contributed by atoms with van der Waals surface area (Å²) >= 11 is 0. The van der Waals surface area contributed by atoms with Gasteiger partial charge >= 0.3 is 0 Å². The van der Waals surface area contributed by atoms with Crippen molar-refractivity contribution in [2.75, 3.05) is 11.9 Å². The van der Waals surface area contributed by atoms with Crippen LogP contribution in [0, 0.1) is 17.5 Å². The van der Waals surface area contributed by atoms with Gasteiger partial charge in [0.1, 0.15) is 5.82 Å². The first kappa shape index (κ1) is 22.0. The first-order chi connectivity index (χ1) is 15.7. The molecule has 5 nitrogen and oxygen atoms in total. The lowest BCUT2D eigenvalue weighted by atomic mass is 9.92. The van der Waals surface area contributed by atoms with Crippen molar-refractivity contribution in [3.8, 4) is 0 Å². The first-order valence-electron chi connectivity index (χ1n) is 9.91. The van der Waals surface area contributed by atoms with Crippen LogP contribution < -0.4 is 10.2 Å². The highest BCUT2D eigenvalue weighted by atomic mass is 19.2. The van der Waals surface area contributed by atoms with Crippen LogP contribution in [0.4, 0.5) is 18.9 Å². The Bertz CT molecular complexity index is 1320. The quantitative estimate of drug-likeness (QED) is 0.477. The number of rotatable bonds is 4. The monoisotopic (exact) mass is 450 g/mol. The van der Waals surface area contributed by atoms with Crippen molar-refractivity contribution in [2.24, 2.45) is 0 Å². The normalized spacial score (nSPS) is 14.4. The third-order valence-corrected chi connectivity index (χ3v) is 5.27. The predicted molar refractivity (Wildman–Crippen MR) is 116 cm³/mol. The molecular weight excluding hydrogens is 433 g/mol. The molecule has 0 aromatic heterocycles. The molecule has 1 heterocycles. The number of amides is 2. The van der Waals surface area contributed by atoms with Gasteiger partial charge in [-0.05, 0) is 59.7 Å². The fraction of sp³-hybridized carbons (Fsp3) is 0.0800. The number of carbonyl (C=O) groups is 3. The highest BCUT2D eigenvalue weighted by Crippen LogP contribution is 2.31. The minimum absolute atomic E-state index is 0.125. The fourth-order valence-electron chi connectivity index (χ4n) is 3.47. The second-order valence-electron chi connectivity index (χ2n) is 7.47. The van der Waals surface area contributed by atoms with Crippen LogP contribution in [0.2, 0.25) is 0 Å². The van der Waals surface area contributed by atoms with Gasteiger partial charge in [0.05, 0.1) is 11.3 Å². The van der Waals surface area contributed by atoms with E-state index in [2.05, 4.69) is 5.32 Å². The number of halogens is 3. The molecule has 0 aliphatic carbocycles. The third kappa shape index (κ3) is 4.41. The average molecular weight is 450 g/mol. The van der Waals surface area contributed by atoms with Gasteiger partial charge in [-0.2, -0.15) is 0 Å². The summed E-state index contributed by atoms with van der Waals surface area (Å²) in [6.45, 7) is 0.157. The zero-order valence-corrected chi connectivity index (χ0v) is 17.4. The van der Waals surface area contributed by atoms with Gasteiger partial charge in [-0.25, -0.2) is 13.2 Å². The highest BCUT2D eigenvalue weighted by Gasteiger charge is 2.33. The molecule has 0 atom stereocenters. The summed E-state index contributed by atoms with van der Waals surface area (Å²) in [7, 11) is 1.47. The van der Waals surface area contributed by atoms with Crippen LogP contribution >= 0.6 is 0 Å². The molecule has 0 spiro atoms. The molecule has 0 radical (unpaired) electrons. The molecule has 0 bridgehead atoms. The molecule has 0 fully saturated rings. The molecule has 3 aromatic rings. The molecule has 1 N–H and O–H groups in total. The van der Waals surface area contributed by atoms with E-state index in [1.807, 2.05) is 0 Å². The van der Waals surface area contributed by atoms with Gasteiger partial charge < -0.3 is 10.2 Å². The van der Waals surface area contributed by atoms with Crippen LogP contribution in [-0.4, -0.2) is 24.6 Å². The average Bonchev–Trinajstić information content (AvgIpc) is 2.81. The van der Waals surface area contributed by atoms with Crippen LogP contribution in [0.5, 0.6) is 0 Å². The van der Waals surface area contributed by atoms with Crippen LogP contribution in [0.25, 0.3) is 6.08 Å². The lowest BCUT2D eigenvalue weighted by Gasteiger charge is -2.27. The van der Waals surface area contributed by atoms with Crippen LogP contribution in [-0.2, 0) is 11.3 Å². The number of hydrogen-bond acceptors (Lipinski definition) is 3. The van der Waals surface area contributed by atoms with Gasteiger partial charge in [0.2, 0.25) is 5.78 Å². The van der Waals surface area contributed by atoms with E-state index in [0.717, 1.165) is 12.1 Å². The summed E-state index contributed by atoms with van der Waals surface area (Å²) in [5.41, 5.74) is 1.25. The number of fused-ring (bicyclic) bond motifs is 1. The Kier molecular flexibility index (Phi) is 5.83. The van der Waals surface area contributed by atoms with Crippen LogP contribution in [0.1, 0.15) is 31.8 Å². The predicted octanol–water partition coefficient (Wildman–Crippen LogP) is 4.28. The maximum atomic E-state index is 13.6. The summed E-state index contributed by atoms with van der Waals surface area (Å²) in [4.78, 5) is 39.6. The van der Waals surface area contributed by atoms with Gasteiger partial charge in [0, 0.05) is 24.7 Å². The van der Waals surface area contributed by atoms with Crippen molar-refractivity contribution in [1.29, 1.82) is 0 Å². The largest absolute Gasteiger partial charge is 0.348 e. The first-order valence-corrected chi connectivity index (χ1v) is 9.91. The number of Topliss-reactive ketones (excluding diaryl/α,β-unsaturated/α-hetero) is 1. The molecule has 0 saturated carbocycles. The van der Waals surface area contributed by atoms with Crippen LogP contribution in [0.15, 0.2) is 66.2 Å². The Morgan fingerprint density at radius 1 is 0.939 bits per heavy atom. The Hall–Kier alpha value is -4.20. The number of nitrogens with zero attached hydrogens (tertiary/aromatic N) is 1. The molecule has 3 aromatic carbocycles. The van der Waals surface area contributed by atoms with Crippen molar-refractivity contribution in [3.63, 3.8) is 0 Å². The van der Waals surface area contributed by atoms with E-state index in [1.165, 1.54) is 54.4 Å². The molecule has 8 heteroatoms. The smallest absolute Gasteiger partial charge is 0.262 e. The van der Waals surface area contributed by atoms with E-state index >= 15 is 0 Å². The van der Waals surface area contributed by atoms with E-state index in [-0.39, 0.29) is 34.6 Å². The van der Waals surface area contributed by atoms with Gasteiger partial charge in [-0.3, -0.25) is 14.4 Å². The van der Waals surface area contributed by atoms with Crippen molar-refractivity contribution in [3.05, 3.63) is 106 Å². The SMILES string of the molecule is CN1C(=O)/C(=C/c2ccc(F)c(F)c2)C(=O)c2cc(C(=O)NCc3ccc(F)cc3)ccc21. The minimum Gasteiger partial charge on any atom is -0.348 e. The van der Waals surface area contributed by atoms with Crippen molar-refractivity contribution < 1.29 is 27.6 Å². The van der Waals surface area contributed by atoms with E-state index < -0.39 is 29.2 Å². The van der Waals surface area contributed by atoms with Crippen molar-refractivity contribution in [2.45, 2.75) is 6.54 Å². The number of likely N-dealkylation sites (N-methyl/N-ethyl adjacent to an activating group) is 1. The molecule has 33 heavy (non-hydrogen) atoms. The summed E-state index contributed by atoms with van der Waals surface area (Å²) in [6, 6.07) is 13.1. The minimum atomic E-state index is -1.10. The Balaban J connectivity index is 1.62. The van der Waals surface area contributed by atoms with E-state index in [1.54, 1.807) is 12.1 Å². The highest BCUT2D eigenvalue weighted by molar-refractivity contribution is 6.36. The number of ketones is 1. The standard InChI is InChI=1S/C25H17F3N2O3/c1-30-22-9-5-16(24(32)29-13-14-2-6-17(26)7-3-14)12-18(22)23(31)19(25(30)33)10-15-4-8-20(27)21(28)11-15/h2-12H,13H2,1H3,(H,29,32)/b19-10+. The van der Waals surface area contributed by atoms with Crippen LogP contribution in [0.3, 0.4) is 0 Å². The summed E-state index contributed by atoms with van der Waals surface area (Å²) < 4.78 is 39.8. The second-order valence-corrected chi connectivity index (χ2v) is 7.47. The molecule has 4 rings (SSSR count). The number of hydrogen-bond donors (Lipinski definition) is 1. The second kappa shape index (κ2) is 8.74. The zero-order chi connectivity index (χ0) is 23.7. The van der Waals surface area contributed by atoms with Gasteiger partial charge in [-0.1, -0.05) is 18.2 Å². The van der Waals surface area contributed by atoms with Crippen molar-refractivity contribution >= 4 is 29.4 Å². The molecule has 1 aliphatic rings. The molecule has 0 unspecified atom stereocenters. The lowest BCUT2D eigenvalue weighted by Crippen LogP contribution is -2.37. The summed E-state index contributed by atoms with van der Waals surface area (Å²) in [5, 5.41) is 2.69. The molecule has 2 amide bonds. The van der Waals surface area contributed by atoms with Gasteiger partial charge in [-0.15, -0.1) is 0 Å². The van der Waals surface area contributed by atoms with Gasteiger partial charge in [0.15, 0.2) is 11.6 Å².